The second-order valence-electron chi connectivity index (χ2n) is 5.77. The molecule has 7 nitrogen and oxygen atoms in total. The van der Waals surface area contributed by atoms with Gasteiger partial charge in [0.2, 0.25) is 0 Å². The number of sulfonamides is 1. The fourth-order valence-corrected chi connectivity index (χ4v) is 4.83. The van der Waals surface area contributed by atoms with Crippen LogP contribution < -0.4 is 10.0 Å². The second kappa shape index (κ2) is 5.56. The standard InChI is InChI=1S/C13H16FN3O4S/c14-11-2-1-3-12(17(18)19)13(11)22(20,21)16-10-6-8-4-5-9(7-10)15-8/h1-3,8-10,15-16H,4-7H2. The van der Waals surface area contributed by atoms with E-state index in [1.54, 1.807) is 0 Å². The summed E-state index contributed by atoms with van der Waals surface area (Å²) in [5.74, 6) is -1.11. The molecule has 2 saturated heterocycles. The molecule has 0 radical (unpaired) electrons. The first kappa shape index (κ1) is 15.3. The van der Waals surface area contributed by atoms with Gasteiger partial charge in [-0.1, -0.05) is 6.07 Å². The van der Waals surface area contributed by atoms with E-state index < -0.39 is 31.3 Å². The first-order valence-electron chi connectivity index (χ1n) is 7.08. The van der Waals surface area contributed by atoms with Crippen molar-refractivity contribution in [3.05, 3.63) is 34.1 Å². The predicted molar refractivity (Wildman–Crippen MR) is 76.3 cm³/mol. The van der Waals surface area contributed by atoms with Crippen molar-refractivity contribution in [1.29, 1.82) is 0 Å². The molecule has 0 aliphatic carbocycles. The highest BCUT2D eigenvalue weighted by Crippen LogP contribution is 2.30. The van der Waals surface area contributed by atoms with E-state index in [1.807, 2.05) is 0 Å². The Morgan fingerprint density at radius 1 is 1.27 bits per heavy atom. The van der Waals surface area contributed by atoms with Crippen molar-refractivity contribution >= 4 is 15.7 Å². The van der Waals surface area contributed by atoms with Gasteiger partial charge in [-0.2, -0.15) is 0 Å². The maximum Gasteiger partial charge on any atom is 0.292 e. The van der Waals surface area contributed by atoms with E-state index in [-0.39, 0.29) is 18.1 Å². The quantitative estimate of drug-likeness (QED) is 0.640. The van der Waals surface area contributed by atoms with Crippen LogP contribution in [-0.4, -0.2) is 31.5 Å². The van der Waals surface area contributed by atoms with Gasteiger partial charge in [-0.3, -0.25) is 10.1 Å². The van der Waals surface area contributed by atoms with Crippen LogP contribution >= 0.6 is 0 Å². The number of hydrogen-bond acceptors (Lipinski definition) is 5. The van der Waals surface area contributed by atoms with Crippen LogP contribution in [0.5, 0.6) is 0 Å². The van der Waals surface area contributed by atoms with Gasteiger partial charge < -0.3 is 5.32 Å². The van der Waals surface area contributed by atoms with Crippen molar-refractivity contribution in [3.63, 3.8) is 0 Å². The number of benzene rings is 1. The summed E-state index contributed by atoms with van der Waals surface area (Å²) in [6, 6.07) is 3.20. The summed E-state index contributed by atoms with van der Waals surface area (Å²) in [4.78, 5) is 9.20. The monoisotopic (exact) mass is 329 g/mol. The minimum Gasteiger partial charge on any atom is -0.311 e. The van der Waals surface area contributed by atoms with Crippen LogP contribution in [0.15, 0.2) is 23.1 Å². The average molecular weight is 329 g/mol. The lowest BCUT2D eigenvalue weighted by Crippen LogP contribution is -2.48. The molecule has 2 aliphatic rings. The summed E-state index contributed by atoms with van der Waals surface area (Å²) < 4.78 is 41.1. The van der Waals surface area contributed by atoms with Gasteiger partial charge in [-0.15, -0.1) is 0 Å². The average Bonchev–Trinajstić information content (AvgIpc) is 2.76. The van der Waals surface area contributed by atoms with Crippen molar-refractivity contribution in [2.24, 2.45) is 0 Å². The summed E-state index contributed by atoms with van der Waals surface area (Å²) in [7, 11) is -4.28. The first-order chi connectivity index (χ1) is 10.4. The third-order valence-electron chi connectivity index (χ3n) is 4.21. The van der Waals surface area contributed by atoms with Gasteiger partial charge in [0.15, 0.2) is 4.90 Å². The van der Waals surface area contributed by atoms with Crippen molar-refractivity contribution in [2.75, 3.05) is 0 Å². The summed E-state index contributed by atoms with van der Waals surface area (Å²) in [5.41, 5.74) is -0.746. The molecule has 120 valence electrons. The molecule has 1 aromatic carbocycles. The minimum absolute atomic E-state index is 0.252. The first-order valence-corrected chi connectivity index (χ1v) is 8.56. The summed E-state index contributed by atoms with van der Waals surface area (Å²) >= 11 is 0. The lowest BCUT2D eigenvalue weighted by atomic mass is 10.0. The normalized spacial score (nSPS) is 27.8. The van der Waals surface area contributed by atoms with Gasteiger partial charge in [0.1, 0.15) is 5.82 Å². The highest BCUT2D eigenvalue weighted by molar-refractivity contribution is 7.89. The highest BCUT2D eigenvalue weighted by atomic mass is 32.2. The van der Waals surface area contributed by atoms with Crippen LogP contribution in [-0.2, 0) is 10.0 Å². The molecule has 9 heteroatoms. The maximum atomic E-state index is 13.9. The summed E-state index contributed by atoms with van der Waals surface area (Å²) in [6.45, 7) is 0. The largest absolute Gasteiger partial charge is 0.311 e. The van der Waals surface area contributed by atoms with Crippen LogP contribution in [0.2, 0.25) is 0 Å². The Kier molecular flexibility index (Phi) is 3.87. The number of hydrogen-bond donors (Lipinski definition) is 2. The molecule has 22 heavy (non-hydrogen) atoms. The molecule has 2 aliphatic heterocycles. The number of nitro benzene ring substituents is 1. The Hall–Kier alpha value is -1.58. The van der Waals surface area contributed by atoms with E-state index in [4.69, 9.17) is 0 Å². The smallest absolute Gasteiger partial charge is 0.292 e. The van der Waals surface area contributed by atoms with Crippen molar-refractivity contribution < 1.29 is 17.7 Å². The third-order valence-corrected chi connectivity index (χ3v) is 5.79. The van der Waals surface area contributed by atoms with Crippen LogP contribution in [0, 0.1) is 15.9 Å². The van der Waals surface area contributed by atoms with Gasteiger partial charge in [-0.05, 0) is 31.7 Å². The van der Waals surface area contributed by atoms with Crippen molar-refractivity contribution in [3.8, 4) is 0 Å². The number of nitrogens with zero attached hydrogens (tertiary/aromatic N) is 1. The van der Waals surface area contributed by atoms with Crippen molar-refractivity contribution in [1.82, 2.24) is 10.0 Å². The molecule has 2 N–H and O–H groups in total. The summed E-state index contributed by atoms with van der Waals surface area (Å²) in [5, 5.41) is 14.3. The van der Waals surface area contributed by atoms with Gasteiger partial charge in [0, 0.05) is 24.2 Å². The van der Waals surface area contributed by atoms with Gasteiger partial charge in [-0.25, -0.2) is 17.5 Å². The Labute approximate surface area is 127 Å². The fourth-order valence-electron chi connectivity index (χ4n) is 3.34. The Morgan fingerprint density at radius 2 is 1.91 bits per heavy atom. The zero-order valence-electron chi connectivity index (χ0n) is 11.7. The van der Waals surface area contributed by atoms with Gasteiger partial charge in [0.25, 0.3) is 15.7 Å². The van der Waals surface area contributed by atoms with E-state index in [0.29, 0.717) is 12.8 Å². The Balaban J connectivity index is 1.89. The molecular formula is C13H16FN3O4S. The van der Waals surface area contributed by atoms with Crippen LogP contribution in [0.1, 0.15) is 25.7 Å². The topological polar surface area (TPSA) is 101 Å². The van der Waals surface area contributed by atoms with E-state index >= 15 is 0 Å². The van der Waals surface area contributed by atoms with Crippen LogP contribution in [0.4, 0.5) is 10.1 Å². The molecule has 2 bridgehead atoms. The minimum atomic E-state index is -4.28. The number of fused-ring (bicyclic) bond motifs is 2. The van der Waals surface area contributed by atoms with E-state index in [9.17, 15) is 22.9 Å². The SMILES string of the molecule is O=[N+]([O-])c1cccc(F)c1S(=O)(=O)NC1CC2CCC(C1)N2. The summed E-state index contributed by atoms with van der Waals surface area (Å²) in [6.07, 6.45) is 3.20. The Morgan fingerprint density at radius 3 is 2.50 bits per heavy atom. The Bertz CT molecular complexity index is 697. The number of nitro groups is 1. The number of piperidine rings is 1. The lowest BCUT2D eigenvalue weighted by molar-refractivity contribution is -0.388. The molecule has 0 amide bonds. The predicted octanol–water partition coefficient (Wildman–Crippen LogP) is 1.30. The second-order valence-corrected chi connectivity index (χ2v) is 7.42. The number of rotatable bonds is 4. The molecule has 2 atom stereocenters. The molecule has 0 spiro atoms. The van der Waals surface area contributed by atoms with E-state index in [0.717, 1.165) is 31.0 Å². The zero-order chi connectivity index (χ0) is 15.9. The van der Waals surface area contributed by atoms with Gasteiger partial charge >= 0.3 is 0 Å². The van der Waals surface area contributed by atoms with Gasteiger partial charge in [0.05, 0.1) is 4.92 Å². The molecule has 1 aromatic rings. The third kappa shape index (κ3) is 2.83. The molecule has 0 aromatic heterocycles. The van der Waals surface area contributed by atoms with E-state index in [1.165, 1.54) is 0 Å². The molecular weight excluding hydrogens is 313 g/mol. The number of halogens is 1. The molecule has 3 rings (SSSR count). The zero-order valence-corrected chi connectivity index (χ0v) is 12.5. The number of nitrogens with one attached hydrogen (secondary N) is 2. The maximum absolute atomic E-state index is 13.9. The van der Waals surface area contributed by atoms with Crippen molar-refractivity contribution in [2.45, 2.75) is 48.7 Å². The molecule has 2 fully saturated rings. The lowest BCUT2D eigenvalue weighted by Gasteiger charge is -2.29. The molecule has 2 heterocycles. The highest BCUT2D eigenvalue weighted by Gasteiger charge is 2.37. The van der Waals surface area contributed by atoms with Crippen LogP contribution in [0.3, 0.4) is 0 Å². The van der Waals surface area contributed by atoms with E-state index in [2.05, 4.69) is 10.0 Å². The molecule has 0 saturated carbocycles. The molecule has 2 unspecified atom stereocenters. The van der Waals surface area contributed by atoms with Crippen LogP contribution in [0.25, 0.3) is 0 Å². The fraction of sp³-hybridized carbons (Fsp3) is 0.538.